The average molecular weight is 256 g/mol. The van der Waals surface area contributed by atoms with Crippen molar-refractivity contribution in [2.45, 2.75) is 33.2 Å². The highest BCUT2D eigenvalue weighted by atomic mass is 19.1. The standard InChI is InChI=1S/C13H18F2N2O/c1-7(2)6-8(3)17-13(18)11-9(14)4-5-10(16)12(11)15/h4-5,7-8H,6,16H2,1-3H3,(H,17,18). The predicted octanol–water partition coefficient (Wildman–Crippen LogP) is 2.71. The zero-order valence-electron chi connectivity index (χ0n) is 10.8. The molecule has 0 aliphatic carbocycles. The molecule has 0 saturated heterocycles. The van der Waals surface area contributed by atoms with Gasteiger partial charge in [0.1, 0.15) is 11.4 Å². The fourth-order valence-corrected chi connectivity index (χ4v) is 1.84. The van der Waals surface area contributed by atoms with Gasteiger partial charge in [0.25, 0.3) is 5.91 Å². The second-order valence-electron chi connectivity index (χ2n) is 4.83. The second kappa shape index (κ2) is 5.80. The van der Waals surface area contributed by atoms with E-state index in [9.17, 15) is 13.6 Å². The van der Waals surface area contributed by atoms with E-state index in [1.54, 1.807) is 6.92 Å². The van der Waals surface area contributed by atoms with Crippen LogP contribution < -0.4 is 11.1 Å². The minimum absolute atomic E-state index is 0.155. The highest BCUT2D eigenvalue weighted by Gasteiger charge is 2.21. The van der Waals surface area contributed by atoms with Crippen LogP contribution in [0.25, 0.3) is 0 Å². The minimum Gasteiger partial charge on any atom is -0.396 e. The van der Waals surface area contributed by atoms with Crippen LogP contribution >= 0.6 is 0 Å². The van der Waals surface area contributed by atoms with Gasteiger partial charge in [-0.05, 0) is 31.4 Å². The number of benzene rings is 1. The van der Waals surface area contributed by atoms with Crippen LogP contribution in [0.3, 0.4) is 0 Å². The fraction of sp³-hybridized carbons (Fsp3) is 0.462. The van der Waals surface area contributed by atoms with Gasteiger partial charge in [-0.1, -0.05) is 13.8 Å². The summed E-state index contributed by atoms with van der Waals surface area (Å²) in [6, 6.07) is 1.93. The van der Waals surface area contributed by atoms with Crippen molar-refractivity contribution in [2.24, 2.45) is 5.92 Å². The first-order valence-corrected chi connectivity index (χ1v) is 5.87. The molecule has 0 bridgehead atoms. The van der Waals surface area contributed by atoms with E-state index < -0.39 is 23.1 Å². The molecule has 1 rings (SSSR count). The van der Waals surface area contributed by atoms with E-state index >= 15 is 0 Å². The molecule has 1 aromatic rings. The number of nitrogens with two attached hydrogens (primary N) is 1. The van der Waals surface area contributed by atoms with E-state index in [4.69, 9.17) is 5.73 Å². The lowest BCUT2D eigenvalue weighted by atomic mass is 10.0. The first kappa shape index (κ1) is 14.4. The largest absolute Gasteiger partial charge is 0.396 e. The molecule has 1 atom stereocenters. The fourth-order valence-electron chi connectivity index (χ4n) is 1.84. The Hall–Kier alpha value is -1.65. The molecule has 18 heavy (non-hydrogen) atoms. The molecule has 1 unspecified atom stereocenters. The van der Waals surface area contributed by atoms with Crippen LogP contribution in [0, 0.1) is 17.6 Å². The normalized spacial score (nSPS) is 12.6. The number of halogens is 2. The van der Waals surface area contributed by atoms with Crippen LogP contribution in [0.5, 0.6) is 0 Å². The Balaban J connectivity index is 2.88. The molecule has 0 aliphatic heterocycles. The number of amides is 1. The van der Waals surface area contributed by atoms with Gasteiger partial charge in [-0.3, -0.25) is 4.79 Å². The first-order chi connectivity index (χ1) is 8.32. The van der Waals surface area contributed by atoms with Crippen molar-refractivity contribution < 1.29 is 13.6 Å². The Kier molecular flexibility index (Phi) is 4.64. The summed E-state index contributed by atoms with van der Waals surface area (Å²) in [5, 5.41) is 2.56. The summed E-state index contributed by atoms with van der Waals surface area (Å²) in [4.78, 5) is 11.8. The van der Waals surface area contributed by atoms with Crippen molar-refractivity contribution in [2.75, 3.05) is 5.73 Å². The molecule has 5 heteroatoms. The van der Waals surface area contributed by atoms with Gasteiger partial charge in [0.15, 0.2) is 5.82 Å². The number of carbonyl (C=O) groups is 1. The molecule has 0 heterocycles. The van der Waals surface area contributed by atoms with Crippen LogP contribution in [-0.2, 0) is 0 Å². The summed E-state index contributed by atoms with van der Waals surface area (Å²) >= 11 is 0. The third-order valence-corrected chi connectivity index (χ3v) is 2.55. The average Bonchev–Trinajstić information content (AvgIpc) is 2.22. The Bertz CT molecular complexity index is 447. The van der Waals surface area contributed by atoms with Crippen LogP contribution in [0.4, 0.5) is 14.5 Å². The van der Waals surface area contributed by atoms with E-state index in [2.05, 4.69) is 5.32 Å². The lowest BCUT2D eigenvalue weighted by Gasteiger charge is -2.16. The third-order valence-electron chi connectivity index (χ3n) is 2.55. The van der Waals surface area contributed by atoms with Crippen molar-refractivity contribution in [3.05, 3.63) is 29.3 Å². The molecule has 0 aromatic heterocycles. The Morgan fingerprint density at radius 3 is 2.50 bits per heavy atom. The number of hydrogen-bond acceptors (Lipinski definition) is 2. The SMILES string of the molecule is CC(C)CC(C)NC(=O)c1c(F)ccc(N)c1F. The maximum Gasteiger partial charge on any atom is 0.257 e. The number of anilines is 1. The smallest absolute Gasteiger partial charge is 0.257 e. The predicted molar refractivity (Wildman–Crippen MR) is 67.2 cm³/mol. The molecule has 1 amide bonds. The summed E-state index contributed by atoms with van der Waals surface area (Å²) in [6.07, 6.45) is 0.733. The van der Waals surface area contributed by atoms with E-state index in [0.29, 0.717) is 5.92 Å². The van der Waals surface area contributed by atoms with Crippen molar-refractivity contribution in [3.8, 4) is 0 Å². The van der Waals surface area contributed by atoms with Crippen molar-refractivity contribution in [1.29, 1.82) is 0 Å². The molecule has 0 fully saturated rings. The summed E-state index contributed by atoms with van der Waals surface area (Å²) in [6.45, 7) is 5.80. The van der Waals surface area contributed by atoms with E-state index in [-0.39, 0.29) is 11.7 Å². The molecule has 3 N–H and O–H groups in total. The van der Waals surface area contributed by atoms with E-state index in [0.717, 1.165) is 18.6 Å². The maximum atomic E-state index is 13.6. The maximum absolute atomic E-state index is 13.6. The van der Waals surface area contributed by atoms with Gasteiger partial charge in [0.2, 0.25) is 0 Å². The summed E-state index contributed by atoms with van der Waals surface area (Å²) in [5.74, 6) is -2.30. The Morgan fingerprint density at radius 1 is 1.33 bits per heavy atom. The van der Waals surface area contributed by atoms with Crippen molar-refractivity contribution in [1.82, 2.24) is 5.32 Å². The van der Waals surface area contributed by atoms with Crippen LogP contribution in [-0.4, -0.2) is 11.9 Å². The van der Waals surface area contributed by atoms with E-state index in [1.165, 1.54) is 0 Å². The molecule has 1 aromatic carbocycles. The summed E-state index contributed by atoms with van der Waals surface area (Å²) in [7, 11) is 0. The number of nitrogens with one attached hydrogen (secondary N) is 1. The van der Waals surface area contributed by atoms with E-state index in [1.807, 2.05) is 13.8 Å². The van der Waals surface area contributed by atoms with Crippen LogP contribution in [0.15, 0.2) is 12.1 Å². The topological polar surface area (TPSA) is 55.1 Å². The number of nitrogen functional groups attached to an aromatic ring is 1. The summed E-state index contributed by atoms with van der Waals surface area (Å²) < 4.78 is 27.0. The van der Waals surface area contributed by atoms with Gasteiger partial charge >= 0.3 is 0 Å². The molecule has 3 nitrogen and oxygen atoms in total. The van der Waals surface area contributed by atoms with Crippen molar-refractivity contribution in [3.63, 3.8) is 0 Å². The van der Waals surface area contributed by atoms with Gasteiger partial charge in [-0.15, -0.1) is 0 Å². The third kappa shape index (κ3) is 3.42. The lowest BCUT2D eigenvalue weighted by Crippen LogP contribution is -2.34. The van der Waals surface area contributed by atoms with Gasteiger partial charge in [0, 0.05) is 6.04 Å². The number of carbonyl (C=O) groups excluding carboxylic acids is 1. The molecule has 0 aliphatic rings. The van der Waals surface area contributed by atoms with Crippen LogP contribution in [0.2, 0.25) is 0 Å². The Morgan fingerprint density at radius 2 is 1.94 bits per heavy atom. The Labute approximate surface area is 105 Å². The molecule has 100 valence electrons. The quantitative estimate of drug-likeness (QED) is 0.814. The highest BCUT2D eigenvalue weighted by Crippen LogP contribution is 2.18. The molecule has 0 radical (unpaired) electrons. The minimum atomic E-state index is -1.01. The molecular weight excluding hydrogens is 238 g/mol. The van der Waals surface area contributed by atoms with Crippen LogP contribution in [0.1, 0.15) is 37.6 Å². The molecule has 0 saturated carbocycles. The zero-order chi connectivity index (χ0) is 13.9. The number of hydrogen-bond donors (Lipinski definition) is 2. The summed E-state index contributed by atoms with van der Waals surface area (Å²) in [5.41, 5.74) is 4.46. The molecular formula is C13H18F2N2O. The second-order valence-corrected chi connectivity index (χ2v) is 4.83. The molecule has 0 spiro atoms. The van der Waals surface area contributed by atoms with Gasteiger partial charge < -0.3 is 11.1 Å². The first-order valence-electron chi connectivity index (χ1n) is 5.87. The number of rotatable bonds is 4. The van der Waals surface area contributed by atoms with Crippen molar-refractivity contribution >= 4 is 11.6 Å². The van der Waals surface area contributed by atoms with Gasteiger partial charge in [-0.25, -0.2) is 8.78 Å². The monoisotopic (exact) mass is 256 g/mol. The van der Waals surface area contributed by atoms with Gasteiger partial charge in [-0.2, -0.15) is 0 Å². The highest BCUT2D eigenvalue weighted by molar-refractivity contribution is 5.95. The zero-order valence-corrected chi connectivity index (χ0v) is 10.8. The lowest BCUT2D eigenvalue weighted by molar-refractivity contribution is 0.0927. The van der Waals surface area contributed by atoms with Gasteiger partial charge in [0.05, 0.1) is 5.69 Å².